The first kappa shape index (κ1) is 13.5. The number of ether oxygens (including phenoxy) is 1. The molecule has 3 nitrogen and oxygen atoms in total. The molecule has 0 amide bonds. The number of esters is 1. The maximum absolute atomic E-state index is 11.6. The van der Waals surface area contributed by atoms with Crippen LogP contribution in [0.1, 0.15) is 46.0 Å². The summed E-state index contributed by atoms with van der Waals surface area (Å²) < 4.78 is 4.83. The third kappa shape index (κ3) is 3.21. The highest BCUT2D eigenvalue weighted by molar-refractivity contribution is 5.79. The van der Waals surface area contributed by atoms with Crippen molar-refractivity contribution in [3.05, 3.63) is 0 Å². The van der Waals surface area contributed by atoms with Gasteiger partial charge in [-0.1, -0.05) is 25.7 Å². The minimum atomic E-state index is -0.507. The number of hydrogen-bond acceptors (Lipinski definition) is 3. The van der Waals surface area contributed by atoms with E-state index >= 15 is 0 Å². The number of likely N-dealkylation sites (N-methyl/N-ethyl adjacent to an activating group) is 1. The minimum Gasteiger partial charge on any atom is -0.468 e. The van der Waals surface area contributed by atoms with Crippen LogP contribution in [0.25, 0.3) is 0 Å². The van der Waals surface area contributed by atoms with Crippen LogP contribution in [-0.2, 0) is 9.53 Å². The molecule has 1 saturated carbocycles. The number of carbonyl (C=O) groups excluding carboxylic acids is 1. The Hall–Kier alpha value is -0.570. The van der Waals surface area contributed by atoms with Gasteiger partial charge in [0.05, 0.1) is 7.11 Å². The van der Waals surface area contributed by atoms with Crippen LogP contribution in [0.4, 0.5) is 0 Å². The van der Waals surface area contributed by atoms with Crippen LogP contribution in [0, 0.1) is 5.92 Å². The molecule has 0 spiro atoms. The van der Waals surface area contributed by atoms with E-state index in [1.165, 1.54) is 39.2 Å². The van der Waals surface area contributed by atoms with Crippen molar-refractivity contribution < 1.29 is 9.53 Å². The van der Waals surface area contributed by atoms with Crippen molar-refractivity contribution in [2.45, 2.75) is 51.5 Å². The van der Waals surface area contributed by atoms with Gasteiger partial charge in [0.25, 0.3) is 0 Å². The molecule has 0 atom stereocenters. The van der Waals surface area contributed by atoms with E-state index in [1.54, 1.807) is 0 Å². The van der Waals surface area contributed by atoms with Crippen LogP contribution in [-0.4, -0.2) is 37.1 Å². The van der Waals surface area contributed by atoms with E-state index in [1.807, 2.05) is 20.9 Å². The van der Waals surface area contributed by atoms with Gasteiger partial charge < -0.3 is 4.74 Å². The molecule has 1 aliphatic rings. The Labute approximate surface area is 99.1 Å². The van der Waals surface area contributed by atoms with Gasteiger partial charge in [0.1, 0.15) is 5.54 Å². The fourth-order valence-electron chi connectivity index (χ4n) is 2.36. The van der Waals surface area contributed by atoms with E-state index in [9.17, 15) is 4.79 Å². The van der Waals surface area contributed by atoms with Gasteiger partial charge in [-0.05, 0) is 39.8 Å². The van der Waals surface area contributed by atoms with Gasteiger partial charge in [-0.25, -0.2) is 0 Å². The zero-order chi connectivity index (χ0) is 12.2. The summed E-state index contributed by atoms with van der Waals surface area (Å²) in [4.78, 5) is 13.7. The SMILES string of the molecule is COC(=O)C(C)(C)N(C)CCC1CCCC1. The standard InChI is InChI=1S/C13H25NO2/c1-13(2,12(15)16-4)14(3)10-9-11-7-5-6-8-11/h11H,5-10H2,1-4H3. The summed E-state index contributed by atoms with van der Waals surface area (Å²) in [6.07, 6.45) is 6.71. The van der Waals surface area contributed by atoms with Gasteiger partial charge in [0.15, 0.2) is 0 Å². The van der Waals surface area contributed by atoms with Gasteiger partial charge in [0, 0.05) is 0 Å². The fourth-order valence-corrected chi connectivity index (χ4v) is 2.36. The molecule has 0 unspecified atom stereocenters. The summed E-state index contributed by atoms with van der Waals surface area (Å²) in [6.45, 7) is 4.83. The highest BCUT2D eigenvalue weighted by Crippen LogP contribution is 2.28. The second-order valence-corrected chi connectivity index (χ2v) is 5.41. The van der Waals surface area contributed by atoms with Crippen LogP contribution in [0.2, 0.25) is 0 Å². The van der Waals surface area contributed by atoms with Crippen molar-refractivity contribution in [1.82, 2.24) is 4.90 Å². The molecule has 0 aromatic heterocycles. The first-order valence-corrected chi connectivity index (χ1v) is 6.28. The molecule has 16 heavy (non-hydrogen) atoms. The quantitative estimate of drug-likeness (QED) is 0.676. The zero-order valence-corrected chi connectivity index (χ0v) is 11.1. The lowest BCUT2D eigenvalue weighted by atomic mass is 10.00. The Morgan fingerprint density at radius 3 is 2.44 bits per heavy atom. The number of methoxy groups -OCH3 is 1. The van der Waals surface area contributed by atoms with Crippen molar-refractivity contribution in [1.29, 1.82) is 0 Å². The topological polar surface area (TPSA) is 29.5 Å². The molecular weight excluding hydrogens is 202 g/mol. The maximum atomic E-state index is 11.6. The maximum Gasteiger partial charge on any atom is 0.325 e. The van der Waals surface area contributed by atoms with E-state index in [2.05, 4.69) is 4.90 Å². The Bertz CT molecular complexity index is 232. The summed E-state index contributed by atoms with van der Waals surface area (Å²) in [5.74, 6) is 0.720. The predicted molar refractivity (Wildman–Crippen MR) is 65.3 cm³/mol. The highest BCUT2D eigenvalue weighted by Gasteiger charge is 2.33. The monoisotopic (exact) mass is 227 g/mol. The Kier molecular flexibility index (Phi) is 4.78. The molecule has 0 bridgehead atoms. The first-order chi connectivity index (χ1) is 7.48. The normalized spacial score (nSPS) is 18.1. The first-order valence-electron chi connectivity index (χ1n) is 6.28. The molecule has 0 heterocycles. The average molecular weight is 227 g/mol. The third-order valence-corrected chi connectivity index (χ3v) is 3.99. The van der Waals surface area contributed by atoms with Crippen LogP contribution in [0.15, 0.2) is 0 Å². The molecular formula is C13H25NO2. The number of nitrogens with zero attached hydrogens (tertiary/aromatic N) is 1. The fraction of sp³-hybridized carbons (Fsp3) is 0.923. The van der Waals surface area contributed by atoms with Crippen LogP contribution >= 0.6 is 0 Å². The summed E-state index contributed by atoms with van der Waals surface area (Å²) in [5.41, 5.74) is -0.507. The molecule has 0 saturated heterocycles. The molecule has 3 heteroatoms. The molecule has 0 aromatic rings. The smallest absolute Gasteiger partial charge is 0.325 e. The summed E-state index contributed by atoms with van der Waals surface area (Å²) in [7, 11) is 3.46. The van der Waals surface area contributed by atoms with Crippen molar-refractivity contribution >= 4 is 5.97 Å². The lowest BCUT2D eigenvalue weighted by Gasteiger charge is -2.33. The van der Waals surface area contributed by atoms with Gasteiger partial charge in [0.2, 0.25) is 0 Å². The van der Waals surface area contributed by atoms with Gasteiger partial charge in [-0.15, -0.1) is 0 Å². The highest BCUT2D eigenvalue weighted by atomic mass is 16.5. The lowest BCUT2D eigenvalue weighted by Crippen LogP contribution is -2.49. The second-order valence-electron chi connectivity index (χ2n) is 5.41. The number of carbonyl (C=O) groups is 1. The van der Waals surface area contributed by atoms with E-state index in [0.717, 1.165) is 12.5 Å². The van der Waals surface area contributed by atoms with Crippen molar-refractivity contribution in [3.8, 4) is 0 Å². The van der Waals surface area contributed by atoms with Crippen molar-refractivity contribution in [3.63, 3.8) is 0 Å². The average Bonchev–Trinajstić information content (AvgIpc) is 2.77. The van der Waals surface area contributed by atoms with E-state index in [4.69, 9.17) is 4.74 Å². The van der Waals surface area contributed by atoms with Crippen LogP contribution < -0.4 is 0 Å². The minimum absolute atomic E-state index is 0.151. The lowest BCUT2D eigenvalue weighted by molar-refractivity contribution is -0.152. The summed E-state index contributed by atoms with van der Waals surface area (Å²) >= 11 is 0. The largest absolute Gasteiger partial charge is 0.468 e. The van der Waals surface area contributed by atoms with Gasteiger partial charge in [-0.2, -0.15) is 0 Å². The molecule has 0 radical (unpaired) electrons. The molecule has 0 aromatic carbocycles. The third-order valence-electron chi connectivity index (χ3n) is 3.99. The zero-order valence-electron chi connectivity index (χ0n) is 11.1. The molecule has 0 N–H and O–H groups in total. The van der Waals surface area contributed by atoms with Crippen LogP contribution in [0.3, 0.4) is 0 Å². The molecule has 1 aliphatic carbocycles. The Morgan fingerprint density at radius 1 is 1.38 bits per heavy atom. The number of rotatable bonds is 5. The van der Waals surface area contributed by atoms with Gasteiger partial charge >= 0.3 is 5.97 Å². The Balaban J connectivity index is 2.37. The summed E-state index contributed by atoms with van der Waals surface area (Å²) in [6, 6.07) is 0. The second kappa shape index (κ2) is 5.67. The molecule has 1 rings (SSSR count). The van der Waals surface area contributed by atoms with E-state index in [0.29, 0.717) is 0 Å². The van der Waals surface area contributed by atoms with Gasteiger partial charge in [-0.3, -0.25) is 9.69 Å². The van der Waals surface area contributed by atoms with Crippen LogP contribution in [0.5, 0.6) is 0 Å². The Morgan fingerprint density at radius 2 is 1.94 bits per heavy atom. The van der Waals surface area contributed by atoms with E-state index in [-0.39, 0.29) is 5.97 Å². The summed E-state index contributed by atoms with van der Waals surface area (Å²) in [5, 5.41) is 0. The van der Waals surface area contributed by atoms with E-state index < -0.39 is 5.54 Å². The molecule has 94 valence electrons. The predicted octanol–water partition coefficient (Wildman–Crippen LogP) is 2.45. The van der Waals surface area contributed by atoms with Crippen molar-refractivity contribution in [2.75, 3.05) is 20.7 Å². The van der Waals surface area contributed by atoms with Crippen molar-refractivity contribution in [2.24, 2.45) is 5.92 Å². The number of hydrogen-bond donors (Lipinski definition) is 0. The molecule has 1 fully saturated rings. The molecule has 0 aliphatic heterocycles.